The van der Waals surface area contributed by atoms with Gasteiger partial charge in [-0.05, 0) is 57.0 Å². The van der Waals surface area contributed by atoms with E-state index in [1.54, 1.807) is 0 Å². The SMILES string of the molecule is C\C=C/C(N)=C(\C=C/C)CNC1CCN(Cc2ccccc2)CC1. The minimum atomic E-state index is 0.579. The van der Waals surface area contributed by atoms with E-state index in [9.17, 15) is 0 Å². The van der Waals surface area contributed by atoms with Gasteiger partial charge in [0, 0.05) is 24.8 Å². The summed E-state index contributed by atoms with van der Waals surface area (Å²) in [4.78, 5) is 2.55. The predicted molar refractivity (Wildman–Crippen MR) is 104 cm³/mol. The molecule has 0 saturated carbocycles. The second-order valence-corrected chi connectivity index (χ2v) is 6.40. The number of rotatable bonds is 7. The van der Waals surface area contributed by atoms with Crippen LogP contribution in [-0.2, 0) is 6.54 Å². The second-order valence-electron chi connectivity index (χ2n) is 6.40. The minimum Gasteiger partial charge on any atom is -0.398 e. The molecule has 3 heteroatoms. The molecule has 3 N–H and O–H groups in total. The van der Waals surface area contributed by atoms with E-state index in [0.29, 0.717) is 6.04 Å². The molecule has 1 aliphatic rings. The van der Waals surface area contributed by atoms with Crippen LogP contribution in [0.3, 0.4) is 0 Å². The molecule has 0 spiro atoms. The highest BCUT2D eigenvalue weighted by Crippen LogP contribution is 2.14. The van der Waals surface area contributed by atoms with Gasteiger partial charge in [-0.1, -0.05) is 48.6 Å². The summed E-state index contributed by atoms with van der Waals surface area (Å²) in [5.74, 6) is 0. The van der Waals surface area contributed by atoms with E-state index in [1.807, 2.05) is 26.0 Å². The van der Waals surface area contributed by atoms with Gasteiger partial charge in [0.15, 0.2) is 0 Å². The lowest BCUT2D eigenvalue weighted by Crippen LogP contribution is -2.42. The largest absolute Gasteiger partial charge is 0.398 e. The van der Waals surface area contributed by atoms with E-state index in [-0.39, 0.29) is 0 Å². The number of nitrogens with two attached hydrogens (primary N) is 1. The Kier molecular flexibility index (Phi) is 7.80. The van der Waals surface area contributed by atoms with Crippen molar-refractivity contribution in [3.05, 3.63) is 71.5 Å². The number of nitrogens with zero attached hydrogens (tertiary/aromatic N) is 1. The van der Waals surface area contributed by atoms with Crippen LogP contribution in [0.5, 0.6) is 0 Å². The zero-order valence-corrected chi connectivity index (χ0v) is 15.0. The average molecular weight is 326 g/mol. The van der Waals surface area contributed by atoms with Crippen LogP contribution in [0.4, 0.5) is 0 Å². The number of likely N-dealkylation sites (tertiary alicyclic amines) is 1. The smallest absolute Gasteiger partial charge is 0.0356 e. The van der Waals surface area contributed by atoms with Crippen molar-refractivity contribution in [1.82, 2.24) is 10.2 Å². The fourth-order valence-electron chi connectivity index (χ4n) is 3.14. The Bertz CT molecular complexity index is 564. The highest BCUT2D eigenvalue weighted by Gasteiger charge is 2.18. The Morgan fingerprint density at radius 3 is 2.42 bits per heavy atom. The van der Waals surface area contributed by atoms with Crippen molar-refractivity contribution in [2.24, 2.45) is 5.73 Å². The summed E-state index contributed by atoms with van der Waals surface area (Å²) >= 11 is 0. The Morgan fingerprint density at radius 1 is 1.12 bits per heavy atom. The molecule has 1 aromatic carbocycles. The lowest BCUT2D eigenvalue weighted by atomic mass is 10.0. The van der Waals surface area contributed by atoms with Gasteiger partial charge in [0.05, 0.1) is 0 Å². The third kappa shape index (κ3) is 5.99. The van der Waals surface area contributed by atoms with Crippen molar-refractivity contribution in [2.45, 2.75) is 39.3 Å². The van der Waals surface area contributed by atoms with E-state index in [0.717, 1.165) is 31.9 Å². The number of benzene rings is 1. The van der Waals surface area contributed by atoms with Gasteiger partial charge in [0.25, 0.3) is 0 Å². The fraction of sp³-hybridized carbons (Fsp3) is 0.429. The van der Waals surface area contributed by atoms with Crippen LogP contribution in [0.2, 0.25) is 0 Å². The van der Waals surface area contributed by atoms with Gasteiger partial charge in [-0.2, -0.15) is 0 Å². The first-order valence-electron chi connectivity index (χ1n) is 8.96. The van der Waals surface area contributed by atoms with Gasteiger partial charge in [0.2, 0.25) is 0 Å². The molecule has 1 saturated heterocycles. The van der Waals surface area contributed by atoms with E-state index < -0.39 is 0 Å². The molecule has 0 amide bonds. The summed E-state index contributed by atoms with van der Waals surface area (Å²) in [6.07, 6.45) is 10.5. The van der Waals surface area contributed by atoms with Crippen molar-refractivity contribution in [1.29, 1.82) is 0 Å². The molecule has 0 aliphatic carbocycles. The molecular weight excluding hydrogens is 294 g/mol. The van der Waals surface area contributed by atoms with Crippen molar-refractivity contribution in [3.8, 4) is 0 Å². The average Bonchev–Trinajstić information content (AvgIpc) is 2.61. The van der Waals surface area contributed by atoms with Crippen LogP contribution >= 0.6 is 0 Å². The highest BCUT2D eigenvalue weighted by molar-refractivity contribution is 5.31. The number of hydrogen-bond acceptors (Lipinski definition) is 3. The summed E-state index contributed by atoms with van der Waals surface area (Å²) in [6.45, 7) is 8.23. The normalized spacial score (nSPS) is 18.4. The maximum absolute atomic E-state index is 6.13. The summed E-state index contributed by atoms with van der Waals surface area (Å²) < 4.78 is 0. The van der Waals surface area contributed by atoms with Crippen LogP contribution in [0, 0.1) is 0 Å². The molecule has 0 bridgehead atoms. The van der Waals surface area contributed by atoms with Crippen LogP contribution in [0.1, 0.15) is 32.3 Å². The monoisotopic (exact) mass is 325 g/mol. The molecule has 0 aromatic heterocycles. The summed E-state index contributed by atoms with van der Waals surface area (Å²) in [5, 5.41) is 3.68. The minimum absolute atomic E-state index is 0.579. The van der Waals surface area contributed by atoms with Gasteiger partial charge in [-0.25, -0.2) is 0 Å². The molecule has 24 heavy (non-hydrogen) atoms. The molecule has 0 radical (unpaired) electrons. The summed E-state index contributed by atoms with van der Waals surface area (Å²) in [7, 11) is 0. The van der Waals surface area contributed by atoms with Crippen molar-refractivity contribution < 1.29 is 0 Å². The van der Waals surface area contributed by atoms with Crippen molar-refractivity contribution in [2.75, 3.05) is 19.6 Å². The second kappa shape index (κ2) is 10.1. The topological polar surface area (TPSA) is 41.3 Å². The first-order valence-corrected chi connectivity index (χ1v) is 8.96. The molecule has 0 atom stereocenters. The van der Waals surface area contributed by atoms with Crippen LogP contribution in [0.25, 0.3) is 0 Å². The zero-order valence-electron chi connectivity index (χ0n) is 15.0. The van der Waals surface area contributed by atoms with Crippen LogP contribution in [0.15, 0.2) is 65.9 Å². The molecular formula is C21H31N3. The summed E-state index contributed by atoms with van der Waals surface area (Å²) in [6, 6.07) is 11.3. The van der Waals surface area contributed by atoms with Crippen LogP contribution in [-0.4, -0.2) is 30.6 Å². The Balaban J connectivity index is 1.79. The Hall–Kier alpha value is -1.84. The Labute approximate surface area is 146 Å². The van der Waals surface area contributed by atoms with Crippen molar-refractivity contribution in [3.63, 3.8) is 0 Å². The fourth-order valence-corrected chi connectivity index (χ4v) is 3.14. The van der Waals surface area contributed by atoms with E-state index in [1.165, 1.54) is 24.0 Å². The number of hydrogen-bond donors (Lipinski definition) is 2. The third-order valence-electron chi connectivity index (χ3n) is 4.50. The molecule has 0 unspecified atom stereocenters. The molecule has 1 fully saturated rings. The standard InChI is InChI=1S/C21H31N3/c1-3-8-19(21(22)9-4-2)16-23-20-12-14-24(15-13-20)17-18-10-6-5-7-11-18/h3-11,20,23H,12-17,22H2,1-2H3/b8-3-,9-4-,21-19-. The van der Waals surface area contributed by atoms with Crippen LogP contribution < -0.4 is 11.1 Å². The van der Waals surface area contributed by atoms with E-state index in [2.05, 4.69) is 52.7 Å². The van der Waals surface area contributed by atoms with Gasteiger partial charge in [-0.15, -0.1) is 0 Å². The molecule has 1 aliphatic heterocycles. The molecule has 130 valence electrons. The third-order valence-corrected chi connectivity index (χ3v) is 4.50. The first kappa shape index (κ1) is 18.5. The molecule has 1 heterocycles. The number of allylic oxidation sites excluding steroid dienone is 3. The molecule has 2 rings (SSSR count). The summed E-state index contributed by atoms with van der Waals surface area (Å²) in [5.41, 5.74) is 9.56. The quantitative estimate of drug-likeness (QED) is 0.753. The number of piperidine rings is 1. The first-order chi connectivity index (χ1) is 11.7. The maximum atomic E-state index is 6.13. The Morgan fingerprint density at radius 2 is 1.79 bits per heavy atom. The highest BCUT2D eigenvalue weighted by atomic mass is 15.1. The lowest BCUT2D eigenvalue weighted by molar-refractivity contribution is 0.192. The number of nitrogens with one attached hydrogen (secondary N) is 1. The molecule has 1 aromatic rings. The van der Waals surface area contributed by atoms with Crippen molar-refractivity contribution >= 4 is 0 Å². The maximum Gasteiger partial charge on any atom is 0.0356 e. The van der Waals surface area contributed by atoms with Gasteiger partial charge < -0.3 is 11.1 Å². The van der Waals surface area contributed by atoms with E-state index in [4.69, 9.17) is 5.73 Å². The van der Waals surface area contributed by atoms with E-state index >= 15 is 0 Å². The van der Waals surface area contributed by atoms with Gasteiger partial charge in [-0.3, -0.25) is 4.90 Å². The lowest BCUT2D eigenvalue weighted by Gasteiger charge is -2.32. The van der Waals surface area contributed by atoms with Gasteiger partial charge >= 0.3 is 0 Å². The zero-order chi connectivity index (χ0) is 17.2. The predicted octanol–water partition coefficient (Wildman–Crippen LogP) is 3.61. The molecule has 3 nitrogen and oxygen atoms in total. The van der Waals surface area contributed by atoms with Gasteiger partial charge in [0.1, 0.15) is 0 Å².